The first-order valence-corrected chi connectivity index (χ1v) is 9.11. The zero-order chi connectivity index (χ0) is 16.2. The maximum absolute atomic E-state index is 4.11. The van der Waals surface area contributed by atoms with Gasteiger partial charge in [-0.25, -0.2) is 4.98 Å². The molecule has 3 heterocycles. The first kappa shape index (κ1) is 15.8. The lowest BCUT2D eigenvalue weighted by atomic mass is 9.86. The molecule has 0 spiro atoms. The van der Waals surface area contributed by atoms with Crippen LogP contribution in [0.1, 0.15) is 30.5 Å². The van der Waals surface area contributed by atoms with Gasteiger partial charge in [0.2, 0.25) is 0 Å². The van der Waals surface area contributed by atoms with E-state index in [0.29, 0.717) is 12.1 Å². The van der Waals surface area contributed by atoms with Crippen molar-refractivity contribution < 1.29 is 0 Å². The Kier molecular flexibility index (Phi) is 4.92. The Morgan fingerprint density at radius 2 is 1.92 bits per heavy atom. The third kappa shape index (κ3) is 3.86. The molecular weight excluding hydrogens is 298 g/mol. The molecule has 128 valence electrons. The van der Waals surface area contributed by atoms with Gasteiger partial charge >= 0.3 is 0 Å². The van der Waals surface area contributed by atoms with E-state index in [9.17, 15) is 0 Å². The molecule has 0 radical (unpaired) electrons. The summed E-state index contributed by atoms with van der Waals surface area (Å²) in [7, 11) is 0. The van der Waals surface area contributed by atoms with Gasteiger partial charge in [0, 0.05) is 30.5 Å². The fourth-order valence-electron chi connectivity index (χ4n) is 4.12. The molecule has 0 aliphatic carbocycles. The summed E-state index contributed by atoms with van der Waals surface area (Å²) in [6.07, 6.45) is 8.62. The molecule has 4 rings (SSSR count). The van der Waals surface area contributed by atoms with Gasteiger partial charge in [-0.05, 0) is 50.3 Å². The van der Waals surface area contributed by atoms with E-state index in [1.165, 1.54) is 43.6 Å². The molecule has 2 aromatic rings. The minimum atomic E-state index is 0.556. The largest absolute Gasteiger partial charge is 0.347 e. The molecule has 1 aromatic carbocycles. The Bertz CT molecular complexity index is 604. The van der Waals surface area contributed by atoms with Crippen LogP contribution in [-0.4, -0.2) is 40.0 Å². The second-order valence-corrected chi connectivity index (χ2v) is 7.21. The van der Waals surface area contributed by atoms with Gasteiger partial charge in [-0.3, -0.25) is 15.8 Å². The molecule has 5 nitrogen and oxygen atoms in total. The molecule has 0 bridgehead atoms. The second-order valence-electron chi connectivity index (χ2n) is 7.21. The standard InChI is InChI=1S/C19H27N5/c1-2-4-15(5-3-1)10-17-11-19(23-22-17)16-6-8-24(9-7-16)13-18-12-20-14-21-18/h1-5,12,14,16-17,19,22-23H,6-11,13H2,(H,20,21). The zero-order valence-electron chi connectivity index (χ0n) is 14.1. The quantitative estimate of drug-likeness (QED) is 0.788. The maximum atomic E-state index is 4.11. The Morgan fingerprint density at radius 1 is 1.08 bits per heavy atom. The van der Waals surface area contributed by atoms with Crippen LogP contribution in [0.25, 0.3) is 0 Å². The number of H-pyrrole nitrogens is 1. The van der Waals surface area contributed by atoms with Gasteiger partial charge in [-0.2, -0.15) is 0 Å². The van der Waals surface area contributed by atoms with Crippen LogP contribution in [0.15, 0.2) is 42.9 Å². The van der Waals surface area contributed by atoms with E-state index in [2.05, 4.69) is 56.1 Å². The van der Waals surface area contributed by atoms with Crippen molar-refractivity contribution in [3.8, 4) is 0 Å². The summed E-state index contributed by atoms with van der Waals surface area (Å²) < 4.78 is 0. The van der Waals surface area contributed by atoms with E-state index in [0.717, 1.165) is 18.9 Å². The number of benzene rings is 1. The molecule has 24 heavy (non-hydrogen) atoms. The van der Waals surface area contributed by atoms with Crippen LogP contribution >= 0.6 is 0 Å². The minimum absolute atomic E-state index is 0.556. The van der Waals surface area contributed by atoms with Crippen molar-refractivity contribution in [3.63, 3.8) is 0 Å². The number of nitrogens with one attached hydrogen (secondary N) is 3. The lowest BCUT2D eigenvalue weighted by Gasteiger charge is -2.34. The van der Waals surface area contributed by atoms with Crippen LogP contribution in [-0.2, 0) is 13.0 Å². The fourth-order valence-corrected chi connectivity index (χ4v) is 4.12. The van der Waals surface area contributed by atoms with Gasteiger partial charge in [0.05, 0.1) is 6.33 Å². The highest BCUT2D eigenvalue weighted by Gasteiger charge is 2.32. The summed E-state index contributed by atoms with van der Waals surface area (Å²) in [5.41, 5.74) is 9.74. The fraction of sp³-hybridized carbons (Fsp3) is 0.526. The van der Waals surface area contributed by atoms with Crippen LogP contribution in [0, 0.1) is 5.92 Å². The predicted octanol–water partition coefficient (Wildman–Crippen LogP) is 2.10. The van der Waals surface area contributed by atoms with Crippen LogP contribution in [0.4, 0.5) is 0 Å². The van der Waals surface area contributed by atoms with Crippen LogP contribution in [0.3, 0.4) is 0 Å². The van der Waals surface area contributed by atoms with E-state index in [1.807, 2.05) is 6.20 Å². The van der Waals surface area contributed by atoms with E-state index in [-0.39, 0.29) is 0 Å². The van der Waals surface area contributed by atoms with E-state index < -0.39 is 0 Å². The van der Waals surface area contributed by atoms with Crippen LogP contribution in [0.2, 0.25) is 0 Å². The number of hydrogen-bond donors (Lipinski definition) is 3. The minimum Gasteiger partial charge on any atom is -0.347 e. The first-order chi connectivity index (χ1) is 11.9. The number of hydrogen-bond acceptors (Lipinski definition) is 4. The number of aromatic amines is 1. The maximum Gasteiger partial charge on any atom is 0.0922 e. The molecule has 2 fully saturated rings. The van der Waals surface area contributed by atoms with Crippen molar-refractivity contribution in [3.05, 3.63) is 54.1 Å². The summed E-state index contributed by atoms with van der Waals surface area (Å²) in [4.78, 5) is 9.85. The number of imidazole rings is 1. The van der Waals surface area contributed by atoms with E-state index >= 15 is 0 Å². The number of likely N-dealkylation sites (tertiary alicyclic amines) is 1. The second kappa shape index (κ2) is 7.47. The highest BCUT2D eigenvalue weighted by molar-refractivity contribution is 5.16. The molecule has 3 N–H and O–H groups in total. The average molecular weight is 325 g/mol. The zero-order valence-corrected chi connectivity index (χ0v) is 14.1. The van der Waals surface area contributed by atoms with Crippen molar-refractivity contribution in [1.82, 2.24) is 25.7 Å². The molecule has 2 unspecified atom stereocenters. The number of aromatic nitrogens is 2. The summed E-state index contributed by atoms with van der Waals surface area (Å²) in [5, 5.41) is 0. The Hall–Kier alpha value is -1.69. The van der Waals surface area contributed by atoms with Gasteiger partial charge in [0.1, 0.15) is 0 Å². The SMILES string of the molecule is c1ccc(CC2CC(C3CCN(Cc4cnc[nH]4)CC3)NN2)cc1. The molecule has 2 saturated heterocycles. The van der Waals surface area contributed by atoms with E-state index in [4.69, 9.17) is 0 Å². The molecule has 2 aliphatic heterocycles. The van der Waals surface area contributed by atoms with Crippen molar-refractivity contribution in [2.45, 2.75) is 44.3 Å². The summed E-state index contributed by atoms with van der Waals surface area (Å²) in [5.74, 6) is 0.788. The molecule has 0 amide bonds. The van der Waals surface area contributed by atoms with E-state index in [1.54, 1.807) is 6.33 Å². The highest BCUT2D eigenvalue weighted by atomic mass is 15.4. The number of nitrogens with zero attached hydrogens (tertiary/aromatic N) is 2. The smallest absolute Gasteiger partial charge is 0.0922 e. The first-order valence-electron chi connectivity index (χ1n) is 9.11. The summed E-state index contributed by atoms with van der Waals surface area (Å²) in [6, 6.07) is 12.0. The van der Waals surface area contributed by atoms with Gasteiger partial charge in [0.25, 0.3) is 0 Å². The normalized spacial score (nSPS) is 26.0. The summed E-state index contributed by atoms with van der Waals surface area (Å²) >= 11 is 0. The predicted molar refractivity (Wildman–Crippen MR) is 95.2 cm³/mol. The average Bonchev–Trinajstić information content (AvgIpc) is 3.29. The van der Waals surface area contributed by atoms with Crippen molar-refractivity contribution >= 4 is 0 Å². The van der Waals surface area contributed by atoms with Gasteiger partial charge < -0.3 is 4.98 Å². The van der Waals surface area contributed by atoms with Gasteiger partial charge in [-0.1, -0.05) is 30.3 Å². The lowest BCUT2D eigenvalue weighted by molar-refractivity contribution is 0.154. The lowest BCUT2D eigenvalue weighted by Crippen LogP contribution is -2.42. The Labute approximate surface area is 143 Å². The Morgan fingerprint density at radius 3 is 2.67 bits per heavy atom. The summed E-state index contributed by atoms with van der Waals surface area (Å²) in [6.45, 7) is 3.37. The Balaban J connectivity index is 1.23. The van der Waals surface area contributed by atoms with Crippen molar-refractivity contribution in [2.75, 3.05) is 13.1 Å². The van der Waals surface area contributed by atoms with Crippen LogP contribution in [0.5, 0.6) is 0 Å². The third-order valence-corrected chi connectivity index (χ3v) is 5.49. The number of rotatable bonds is 5. The third-order valence-electron chi connectivity index (χ3n) is 5.49. The topological polar surface area (TPSA) is 56.0 Å². The molecule has 1 aromatic heterocycles. The highest BCUT2D eigenvalue weighted by Crippen LogP contribution is 2.26. The van der Waals surface area contributed by atoms with Gasteiger partial charge in [-0.15, -0.1) is 0 Å². The monoisotopic (exact) mass is 325 g/mol. The van der Waals surface area contributed by atoms with Gasteiger partial charge in [0.15, 0.2) is 0 Å². The van der Waals surface area contributed by atoms with Crippen molar-refractivity contribution in [2.24, 2.45) is 5.92 Å². The molecule has 2 atom stereocenters. The number of piperidine rings is 1. The number of hydrazine groups is 1. The molecule has 2 aliphatic rings. The molecule has 0 saturated carbocycles. The molecular formula is C19H27N5. The van der Waals surface area contributed by atoms with Crippen LogP contribution < -0.4 is 10.9 Å². The van der Waals surface area contributed by atoms with Crippen molar-refractivity contribution in [1.29, 1.82) is 0 Å². The molecule has 5 heteroatoms.